The molecule has 104 valence electrons. The van der Waals surface area contributed by atoms with Crippen LogP contribution in [0.5, 0.6) is 0 Å². The van der Waals surface area contributed by atoms with E-state index in [0.717, 1.165) is 12.1 Å². The highest BCUT2D eigenvalue weighted by Crippen LogP contribution is 2.22. The molecule has 1 saturated heterocycles. The Balaban J connectivity index is 1.71. The van der Waals surface area contributed by atoms with Gasteiger partial charge in [0.1, 0.15) is 11.6 Å². The van der Waals surface area contributed by atoms with Gasteiger partial charge in [0, 0.05) is 44.6 Å². The lowest BCUT2D eigenvalue weighted by atomic mass is 10.2. The highest BCUT2D eigenvalue weighted by molar-refractivity contribution is 5.49. The van der Waals surface area contributed by atoms with Crippen molar-refractivity contribution in [3.8, 4) is 0 Å². The Bertz CT molecular complexity index is 583. The molecule has 0 spiro atoms. The van der Waals surface area contributed by atoms with Gasteiger partial charge in [-0.3, -0.25) is 0 Å². The lowest BCUT2D eigenvalue weighted by Gasteiger charge is -2.36. The average Bonchev–Trinajstić information content (AvgIpc) is 2.51. The predicted molar refractivity (Wildman–Crippen MR) is 72.8 cm³/mol. The van der Waals surface area contributed by atoms with Crippen LogP contribution in [0.1, 0.15) is 0 Å². The number of halogens is 2. The fraction of sp³-hybridized carbons (Fsp3) is 0.286. The Morgan fingerprint density at radius 1 is 0.900 bits per heavy atom. The van der Waals surface area contributed by atoms with Crippen molar-refractivity contribution in [3.63, 3.8) is 0 Å². The molecule has 0 atom stereocenters. The van der Waals surface area contributed by atoms with Crippen LogP contribution in [0.2, 0.25) is 0 Å². The minimum Gasteiger partial charge on any atom is -0.366 e. The first-order valence-corrected chi connectivity index (χ1v) is 6.46. The molecule has 1 fully saturated rings. The number of piperazine rings is 1. The topological polar surface area (TPSA) is 32.3 Å². The molecule has 0 bridgehead atoms. The molecule has 2 aromatic rings. The van der Waals surface area contributed by atoms with Crippen LogP contribution in [0.4, 0.5) is 20.4 Å². The largest absolute Gasteiger partial charge is 0.366 e. The van der Waals surface area contributed by atoms with Crippen LogP contribution in [0.15, 0.2) is 36.7 Å². The Labute approximate surface area is 115 Å². The van der Waals surface area contributed by atoms with E-state index in [2.05, 4.69) is 9.97 Å². The zero-order valence-corrected chi connectivity index (χ0v) is 10.8. The molecule has 1 aromatic heterocycles. The van der Waals surface area contributed by atoms with Crippen molar-refractivity contribution >= 4 is 11.6 Å². The molecule has 1 aliphatic rings. The van der Waals surface area contributed by atoms with Crippen molar-refractivity contribution in [2.45, 2.75) is 0 Å². The number of hydrogen-bond acceptors (Lipinski definition) is 4. The molecule has 4 nitrogen and oxygen atoms in total. The Morgan fingerprint density at radius 3 is 2.25 bits per heavy atom. The second-order valence-corrected chi connectivity index (χ2v) is 4.62. The summed E-state index contributed by atoms with van der Waals surface area (Å²) in [5, 5.41) is 0. The summed E-state index contributed by atoms with van der Waals surface area (Å²) in [5.41, 5.74) is 0.318. The number of nitrogens with zero attached hydrogens (tertiary/aromatic N) is 4. The van der Waals surface area contributed by atoms with Gasteiger partial charge >= 0.3 is 0 Å². The summed E-state index contributed by atoms with van der Waals surface area (Å²) < 4.78 is 26.9. The molecule has 0 radical (unpaired) electrons. The fourth-order valence-corrected chi connectivity index (χ4v) is 2.33. The summed E-state index contributed by atoms with van der Waals surface area (Å²) >= 11 is 0. The summed E-state index contributed by atoms with van der Waals surface area (Å²) in [5.74, 6) is -0.141. The average molecular weight is 276 g/mol. The third kappa shape index (κ3) is 2.54. The molecule has 0 unspecified atom stereocenters. The second kappa shape index (κ2) is 5.40. The molecule has 0 N–H and O–H groups in total. The van der Waals surface area contributed by atoms with E-state index < -0.39 is 11.6 Å². The number of hydrogen-bond donors (Lipinski definition) is 0. The molecule has 0 amide bonds. The number of anilines is 2. The summed E-state index contributed by atoms with van der Waals surface area (Å²) in [6.07, 6.45) is 3.39. The van der Waals surface area contributed by atoms with Gasteiger partial charge in [0.05, 0.1) is 5.69 Å². The van der Waals surface area contributed by atoms with Gasteiger partial charge in [0.2, 0.25) is 5.95 Å². The highest BCUT2D eigenvalue weighted by Gasteiger charge is 2.21. The van der Waals surface area contributed by atoms with E-state index in [9.17, 15) is 8.78 Å². The van der Waals surface area contributed by atoms with Crippen LogP contribution in [-0.4, -0.2) is 36.1 Å². The van der Waals surface area contributed by atoms with E-state index in [1.807, 2.05) is 9.80 Å². The minimum absolute atomic E-state index is 0.318. The number of aromatic nitrogens is 2. The number of rotatable bonds is 2. The maximum Gasteiger partial charge on any atom is 0.225 e. The lowest BCUT2D eigenvalue weighted by Crippen LogP contribution is -2.47. The Kier molecular flexibility index (Phi) is 3.45. The first-order chi connectivity index (χ1) is 9.74. The molecule has 0 saturated carbocycles. The van der Waals surface area contributed by atoms with Gasteiger partial charge in [-0.25, -0.2) is 18.7 Å². The van der Waals surface area contributed by atoms with E-state index in [1.165, 1.54) is 6.07 Å². The van der Waals surface area contributed by atoms with E-state index >= 15 is 0 Å². The van der Waals surface area contributed by atoms with Crippen LogP contribution in [0.25, 0.3) is 0 Å². The Morgan fingerprint density at radius 2 is 1.55 bits per heavy atom. The van der Waals surface area contributed by atoms with Gasteiger partial charge in [-0.15, -0.1) is 0 Å². The van der Waals surface area contributed by atoms with Crippen LogP contribution in [0, 0.1) is 11.6 Å². The highest BCUT2D eigenvalue weighted by atomic mass is 19.1. The summed E-state index contributed by atoms with van der Waals surface area (Å²) in [6, 6.07) is 5.30. The van der Waals surface area contributed by atoms with Gasteiger partial charge in [-0.1, -0.05) is 0 Å². The predicted octanol–water partition coefficient (Wildman–Crippen LogP) is 2.08. The third-order valence-electron chi connectivity index (χ3n) is 3.36. The van der Waals surface area contributed by atoms with Crippen molar-refractivity contribution in [3.05, 3.63) is 48.3 Å². The van der Waals surface area contributed by atoms with Crippen LogP contribution in [0.3, 0.4) is 0 Å². The molecule has 2 heterocycles. The van der Waals surface area contributed by atoms with E-state index in [0.29, 0.717) is 37.8 Å². The zero-order chi connectivity index (χ0) is 13.9. The molecule has 1 aromatic carbocycles. The zero-order valence-electron chi connectivity index (χ0n) is 10.8. The van der Waals surface area contributed by atoms with Crippen LogP contribution < -0.4 is 9.80 Å². The second-order valence-electron chi connectivity index (χ2n) is 4.62. The molecule has 20 heavy (non-hydrogen) atoms. The van der Waals surface area contributed by atoms with E-state index in [1.54, 1.807) is 18.5 Å². The van der Waals surface area contributed by atoms with Crippen molar-refractivity contribution in [1.82, 2.24) is 9.97 Å². The molecule has 6 heteroatoms. The Hall–Kier alpha value is -2.24. The molecule has 0 aliphatic carbocycles. The van der Waals surface area contributed by atoms with E-state index in [4.69, 9.17) is 0 Å². The molecule has 1 aliphatic heterocycles. The van der Waals surface area contributed by atoms with Gasteiger partial charge in [0.25, 0.3) is 0 Å². The van der Waals surface area contributed by atoms with Gasteiger partial charge < -0.3 is 9.80 Å². The van der Waals surface area contributed by atoms with Gasteiger partial charge in [-0.05, 0) is 18.2 Å². The maximum atomic E-state index is 13.7. The number of benzene rings is 1. The molecule has 3 rings (SSSR count). The third-order valence-corrected chi connectivity index (χ3v) is 3.36. The van der Waals surface area contributed by atoms with Crippen LogP contribution >= 0.6 is 0 Å². The monoisotopic (exact) mass is 276 g/mol. The van der Waals surface area contributed by atoms with Crippen molar-refractivity contribution in [2.24, 2.45) is 0 Å². The first-order valence-electron chi connectivity index (χ1n) is 6.46. The summed E-state index contributed by atoms with van der Waals surface area (Å²) in [7, 11) is 0. The van der Waals surface area contributed by atoms with Crippen molar-refractivity contribution in [2.75, 3.05) is 36.0 Å². The standard InChI is InChI=1S/C14H14F2N4/c15-11-2-3-12(16)13(10-11)19-6-8-20(9-7-19)14-17-4-1-5-18-14/h1-5,10H,6-9H2. The van der Waals surface area contributed by atoms with Crippen molar-refractivity contribution in [1.29, 1.82) is 0 Å². The molecular weight excluding hydrogens is 262 g/mol. The maximum absolute atomic E-state index is 13.7. The van der Waals surface area contributed by atoms with Gasteiger partial charge in [-0.2, -0.15) is 0 Å². The smallest absolute Gasteiger partial charge is 0.225 e. The van der Waals surface area contributed by atoms with Gasteiger partial charge in [0.15, 0.2) is 0 Å². The van der Waals surface area contributed by atoms with Crippen LogP contribution in [-0.2, 0) is 0 Å². The minimum atomic E-state index is -0.421. The fourth-order valence-electron chi connectivity index (χ4n) is 2.33. The quantitative estimate of drug-likeness (QED) is 0.840. The first kappa shape index (κ1) is 12.8. The molecular formula is C14H14F2N4. The normalized spacial score (nSPS) is 15.5. The van der Waals surface area contributed by atoms with E-state index in [-0.39, 0.29) is 0 Å². The summed E-state index contributed by atoms with van der Waals surface area (Å²) in [4.78, 5) is 12.3. The lowest BCUT2D eigenvalue weighted by molar-refractivity contribution is 0.578. The summed E-state index contributed by atoms with van der Waals surface area (Å²) in [6.45, 7) is 2.58. The van der Waals surface area contributed by atoms with Crippen molar-refractivity contribution < 1.29 is 8.78 Å². The SMILES string of the molecule is Fc1ccc(F)c(N2CCN(c3ncccn3)CC2)c1.